The zero-order valence-corrected chi connectivity index (χ0v) is 11.7. The number of carbonyl (C=O) groups is 2. The number of aromatic carboxylic acids is 1. The van der Waals surface area contributed by atoms with Gasteiger partial charge in [-0.25, -0.2) is 14.6 Å². The molecule has 1 N–H and O–H groups in total. The summed E-state index contributed by atoms with van der Waals surface area (Å²) < 4.78 is 10.6. The van der Waals surface area contributed by atoms with Crippen LogP contribution in [0.25, 0.3) is 0 Å². The van der Waals surface area contributed by atoms with Crippen molar-refractivity contribution in [1.82, 2.24) is 9.88 Å². The molecule has 21 heavy (non-hydrogen) atoms. The molecule has 1 saturated heterocycles. The standard InChI is InChI=1S/C14H18N2O5/c17-13(18)11-8-15-12(21-11)9-4-6-16(7-5-9)14(19)20-10-2-1-3-10/h8-10H,1-7H2,(H,17,18). The number of rotatable bonds is 3. The fourth-order valence-corrected chi connectivity index (χ4v) is 2.59. The number of carboxylic acids is 1. The number of hydrogen-bond acceptors (Lipinski definition) is 5. The van der Waals surface area contributed by atoms with Gasteiger partial charge >= 0.3 is 12.1 Å². The van der Waals surface area contributed by atoms with E-state index in [1.165, 1.54) is 6.20 Å². The van der Waals surface area contributed by atoms with Gasteiger partial charge in [-0.05, 0) is 32.1 Å². The third-order valence-electron chi connectivity index (χ3n) is 4.16. The number of carboxylic acid groups (broad SMARTS) is 1. The first-order valence-corrected chi connectivity index (χ1v) is 7.28. The van der Waals surface area contributed by atoms with Crippen molar-refractivity contribution in [2.75, 3.05) is 13.1 Å². The van der Waals surface area contributed by atoms with Crippen LogP contribution in [0.5, 0.6) is 0 Å². The zero-order valence-electron chi connectivity index (χ0n) is 11.7. The number of likely N-dealkylation sites (tertiary alicyclic amines) is 1. The molecule has 0 radical (unpaired) electrons. The first-order valence-electron chi connectivity index (χ1n) is 7.28. The van der Waals surface area contributed by atoms with E-state index < -0.39 is 5.97 Å². The molecular weight excluding hydrogens is 276 g/mol. The van der Waals surface area contributed by atoms with E-state index in [4.69, 9.17) is 14.3 Å². The summed E-state index contributed by atoms with van der Waals surface area (Å²) in [6, 6.07) is 0. The van der Waals surface area contributed by atoms with Crippen molar-refractivity contribution >= 4 is 12.1 Å². The average molecular weight is 294 g/mol. The second-order valence-corrected chi connectivity index (χ2v) is 5.57. The maximum absolute atomic E-state index is 11.9. The minimum absolute atomic E-state index is 0.0610. The average Bonchev–Trinajstić information content (AvgIpc) is 2.93. The predicted octanol–water partition coefficient (Wildman–Crippen LogP) is 2.24. The Kier molecular flexibility index (Phi) is 3.81. The van der Waals surface area contributed by atoms with Crippen LogP contribution in [0, 0.1) is 0 Å². The number of hydrogen-bond donors (Lipinski definition) is 1. The number of amides is 1. The Morgan fingerprint density at radius 2 is 2.00 bits per heavy atom. The maximum Gasteiger partial charge on any atom is 0.410 e. The molecule has 1 aromatic heterocycles. The SMILES string of the molecule is O=C(O)c1cnc(C2CCN(C(=O)OC3CCC3)CC2)o1. The Bertz CT molecular complexity index is 529. The Morgan fingerprint density at radius 1 is 1.29 bits per heavy atom. The van der Waals surface area contributed by atoms with Crippen LogP contribution in [0.4, 0.5) is 4.79 Å². The van der Waals surface area contributed by atoms with Crippen molar-refractivity contribution in [1.29, 1.82) is 0 Å². The summed E-state index contributed by atoms with van der Waals surface area (Å²) in [4.78, 5) is 28.4. The third kappa shape index (κ3) is 3.01. The van der Waals surface area contributed by atoms with E-state index in [1.54, 1.807) is 4.90 Å². The fourth-order valence-electron chi connectivity index (χ4n) is 2.59. The molecule has 1 aromatic rings. The lowest BCUT2D eigenvalue weighted by molar-refractivity contribution is 0.0220. The van der Waals surface area contributed by atoms with E-state index in [-0.39, 0.29) is 23.9 Å². The molecule has 0 atom stereocenters. The molecule has 0 bridgehead atoms. The Balaban J connectivity index is 1.51. The highest BCUT2D eigenvalue weighted by Crippen LogP contribution is 2.29. The molecule has 1 saturated carbocycles. The van der Waals surface area contributed by atoms with Crippen molar-refractivity contribution in [2.45, 2.75) is 44.1 Å². The van der Waals surface area contributed by atoms with Crippen LogP contribution in [-0.2, 0) is 4.74 Å². The van der Waals surface area contributed by atoms with Gasteiger partial charge in [-0.1, -0.05) is 0 Å². The quantitative estimate of drug-likeness (QED) is 0.919. The molecule has 2 fully saturated rings. The lowest BCUT2D eigenvalue weighted by atomic mass is 9.96. The summed E-state index contributed by atoms with van der Waals surface area (Å²) in [6.07, 6.45) is 5.58. The zero-order chi connectivity index (χ0) is 14.8. The number of oxazole rings is 1. The van der Waals surface area contributed by atoms with Crippen molar-refractivity contribution in [3.05, 3.63) is 17.8 Å². The van der Waals surface area contributed by atoms with Gasteiger partial charge in [0.1, 0.15) is 6.10 Å². The lowest BCUT2D eigenvalue weighted by Crippen LogP contribution is -2.41. The molecule has 114 valence electrons. The molecule has 1 aliphatic heterocycles. The molecule has 7 heteroatoms. The lowest BCUT2D eigenvalue weighted by Gasteiger charge is -2.33. The van der Waals surface area contributed by atoms with Gasteiger partial charge in [0.15, 0.2) is 5.89 Å². The van der Waals surface area contributed by atoms with Crippen LogP contribution >= 0.6 is 0 Å². The number of nitrogens with zero attached hydrogens (tertiary/aromatic N) is 2. The van der Waals surface area contributed by atoms with Gasteiger partial charge in [-0.2, -0.15) is 0 Å². The van der Waals surface area contributed by atoms with Crippen molar-refractivity contribution in [3.8, 4) is 0 Å². The minimum atomic E-state index is -1.12. The first-order chi connectivity index (χ1) is 10.1. The summed E-state index contributed by atoms with van der Waals surface area (Å²) in [6.45, 7) is 1.17. The fraction of sp³-hybridized carbons (Fsp3) is 0.643. The maximum atomic E-state index is 11.9. The smallest absolute Gasteiger partial charge is 0.410 e. The Labute approximate surface area is 121 Å². The van der Waals surface area contributed by atoms with E-state index in [2.05, 4.69) is 4.98 Å². The van der Waals surface area contributed by atoms with E-state index in [0.29, 0.717) is 31.8 Å². The van der Waals surface area contributed by atoms with Gasteiger partial charge in [0.05, 0.1) is 6.20 Å². The number of aromatic nitrogens is 1. The minimum Gasteiger partial charge on any atom is -0.475 e. The van der Waals surface area contributed by atoms with Crippen molar-refractivity contribution < 1.29 is 23.8 Å². The van der Waals surface area contributed by atoms with E-state index in [9.17, 15) is 9.59 Å². The molecule has 3 rings (SSSR count). The number of carbonyl (C=O) groups excluding carboxylic acids is 1. The van der Waals surface area contributed by atoms with E-state index in [1.807, 2.05) is 0 Å². The normalized spacial score (nSPS) is 20.1. The predicted molar refractivity (Wildman–Crippen MR) is 71.1 cm³/mol. The van der Waals surface area contributed by atoms with Crippen LogP contribution in [0.3, 0.4) is 0 Å². The van der Waals surface area contributed by atoms with Crippen LogP contribution in [0.15, 0.2) is 10.6 Å². The highest BCUT2D eigenvalue weighted by Gasteiger charge is 2.30. The first kappa shape index (κ1) is 13.9. The molecule has 0 unspecified atom stereocenters. The summed E-state index contributed by atoms with van der Waals surface area (Å²) in [5.74, 6) is -0.752. The topological polar surface area (TPSA) is 92.9 Å². The molecular formula is C14H18N2O5. The largest absolute Gasteiger partial charge is 0.475 e. The van der Waals surface area contributed by atoms with Crippen LogP contribution in [0.1, 0.15) is 54.5 Å². The van der Waals surface area contributed by atoms with Gasteiger partial charge in [-0.3, -0.25) is 0 Å². The van der Waals surface area contributed by atoms with Gasteiger partial charge in [0, 0.05) is 19.0 Å². The highest BCUT2D eigenvalue weighted by molar-refractivity contribution is 5.83. The molecule has 0 aromatic carbocycles. The summed E-state index contributed by atoms with van der Waals surface area (Å²) >= 11 is 0. The monoisotopic (exact) mass is 294 g/mol. The third-order valence-corrected chi connectivity index (χ3v) is 4.16. The molecule has 1 aliphatic carbocycles. The van der Waals surface area contributed by atoms with Gasteiger partial charge < -0.3 is 19.2 Å². The van der Waals surface area contributed by atoms with Gasteiger partial charge in [-0.15, -0.1) is 0 Å². The summed E-state index contributed by atoms with van der Waals surface area (Å²) in [5.41, 5.74) is 0. The summed E-state index contributed by atoms with van der Waals surface area (Å²) in [7, 11) is 0. The van der Waals surface area contributed by atoms with Crippen LogP contribution in [-0.4, -0.2) is 46.2 Å². The summed E-state index contributed by atoms with van der Waals surface area (Å²) in [5, 5.41) is 8.82. The number of ether oxygens (including phenoxy) is 1. The highest BCUT2D eigenvalue weighted by atomic mass is 16.6. The van der Waals surface area contributed by atoms with Crippen molar-refractivity contribution in [2.24, 2.45) is 0 Å². The molecule has 0 spiro atoms. The van der Waals surface area contributed by atoms with Crippen LogP contribution < -0.4 is 0 Å². The van der Waals surface area contributed by atoms with Crippen molar-refractivity contribution in [3.63, 3.8) is 0 Å². The van der Waals surface area contributed by atoms with Gasteiger partial charge in [0.25, 0.3) is 0 Å². The van der Waals surface area contributed by atoms with Gasteiger partial charge in [0.2, 0.25) is 5.76 Å². The Hall–Kier alpha value is -2.05. The van der Waals surface area contributed by atoms with E-state index >= 15 is 0 Å². The Morgan fingerprint density at radius 3 is 2.52 bits per heavy atom. The molecule has 2 aliphatic rings. The molecule has 1 amide bonds. The number of piperidine rings is 1. The van der Waals surface area contributed by atoms with E-state index in [0.717, 1.165) is 19.3 Å². The molecule has 7 nitrogen and oxygen atoms in total. The second kappa shape index (κ2) is 5.75. The molecule has 2 heterocycles. The van der Waals surface area contributed by atoms with Crippen LogP contribution in [0.2, 0.25) is 0 Å². The second-order valence-electron chi connectivity index (χ2n) is 5.57.